The number of carboxylic acids is 1. The number of fused-ring (bicyclic) bond motifs is 2. The Hall–Kier alpha value is -5.68. The highest BCUT2D eigenvalue weighted by molar-refractivity contribution is 7.86. The molecule has 0 saturated heterocycles. The number of carbonyl (C=O) groups is 1. The Bertz CT molecular complexity index is 2440. The van der Waals surface area contributed by atoms with Crippen molar-refractivity contribution in [2.24, 2.45) is 0 Å². The predicted octanol–water partition coefficient (Wildman–Crippen LogP) is 5.91. The molecule has 0 bridgehead atoms. The van der Waals surface area contributed by atoms with E-state index < -0.39 is 26.2 Å². The van der Waals surface area contributed by atoms with Crippen molar-refractivity contribution in [2.75, 3.05) is 16.0 Å². The molecule has 0 saturated carbocycles. The molecule has 1 aromatic heterocycles. The molecule has 0 aliphatic heterocycles. The largest absolute Gasteiger partial charge is 0.478 e. The first-order valence-electron chi connectivity index (χ1n) is 13.7. The van der Waals surface area contributed by atoms with Gasteiger partial charge < -0.3 is 21.1 Å². The van der Waals surface area contributed by atoms with E-state index in [1.807, 2.05) is 0 Å². The van der Waals surface area contributed by atoms with Crippen molar-refractivity contribution in [1.29, 1.82) is 0 Å². The second-order valence-electron chi connectivity index (χ2n) is 10.4. The molecule has 6 aromatic rings. The fraction of sp³-hybridized carbons (Fsp3) is 0.0323. The van der Waals surface area contributed by atoms with Gasteiger partial charge in [-0.2, -0.15) is 31.8 Å². The van der Waals surface area contributed by atoms with E-state index in [-0.39, 0.29) is 33.2 Å². The molecule has 6 rings (SSSR count). The van der Waals surface area contributed by atoms with Crippen molar-refractivity contribution < 1.29 is 35.8 Å². The highest BCUT2D eigenvalue weighted by Crippen LogP contribution is 2.30. The van der Waals surface area contributed by atoms with E-state index in [1.165, 1.54) is 36.4 Å². The van der Waals surface area contributed by atoms with Crippen LogP contribution >= 0.6 is 0 Å². The Balaban J connectivity index is 1.38. The molecule has 0 atom stereocenters. The van der Waals surface area contributed by atoms with Crippen molar-refractivity contribution in [1.82, 2.24) is 15.0 Å². The summed E-state index contributed by atoms with van der Waals surface area (Å²) in [6, 6.07) is 23.1. The third kappa shape index (κ3) is 6.95. The molecule has 0 unspecified atom stereocenters. The van der Waals surface area contributed by atoms with Crippen LogP contribution in [0.25, 0.3) is 21.5 Å². The van der Waals surface area contributed by atoms with E-state index in [0.717, 1.165) is 0 Å². The van der Waals surface area contributed by atoms with Crippen molar-refractivity contribution in [3.63, 3.8) is 0 Å². The molecular formula is C31H24N6O8S2. The zero-order valence-corrected chi connectivity index (χ0v) is 25.8. The van der Waals surface area contributed by atoms with Gasteiger partial charge in [0.2, 0.25) is 17.8 Å². The van der Waals surface area contributed by atoms with Gasteiger partial charge in [-0.1, -0.05) is 30.3 Å². The maximum atomic E-state index is 12.0. The van der Waals surface area contributed by atoms with Crippen LogP contribution in [0.4, 0.5) is 34.9 Å². The summed E-state index contributed by atoms with van der Waals surface area (Å²) in [5, 5.41) is 20.1. The fourth-order valence-electron chi connectivity index (χ4n) is 4.95. The number of aromatic nitrogens is 3. The monoisotopic (exact) mass is 672 g/mol. The summed E-state index contributed by atoms with van der Waals surface area (Å²) >= 11 is 0. The average molecular weight is 673 g/mol. The van der Waals surface area contributed by atoms with E-state index in [4.69, 9.17) is 0 Å². The van der Waals surface area contributed by atoms with Gasteiger partial charge in [0.25, 0.3) is 20.2 Å². The lowest BCUT2D eigenvalue weighted by Crippen LogP contribution is -2.08. The molecule has 0 fully saturated rings. The lowest BCUT2D eigenvalue weighted by Gasteiger charge is -2.13. The molecular weight excluding hydrogens is 649 g/mol. The van der Waals surface area contributed by atoms with Crippen LogP contribution < -0.4 is 16.0 Å². The molecule has 47 heavy (non-hydrogen) atoms. The van der Waals surface area contributed by atoms with E-state index in [1.54, 1.807) is 61.5 Å². The van der Waals surface area contributed by atoms with Crippen molar-refractivity contribution >= 4 is 82.7 Å². The number of hydrogen-bond donors (Lipinski definition) is 6. The highest BCUT2D eigenvalue weighted by atomic mass is 32.2. The third-order valence-electron chi connectivity index (χ3n) is 6.99. The van der Waals surface area contributed by atoms with Crippen LogP contribution in [0.3, 0.4) is 0 Å². The quantitative estimate of drug-likeness (QED) is 0.0984. The second-order valence-corrected chi connectivity index (χ2v) is 13.2. The van der Waals surface area contributed by atoms with Gasteiger partial charge in [-0.25, -0.2) is 4.79 Å². The second kappa shape index (κ2) is 11.9. The summed E-state index contributed by atoms with van der Waals surface area (Å²) in [7, 11) is -8.92. The van der Waals surface area contributed by atoms with Crippen molar-refractivity contribution in [3.8, 4) is 0 Å². The van der Waals surface area contributed by atoms with Gasteiger partial charge in [-0.05, 0) is 83.9 Å². The van der Waals surface area contributed by atoms with E-state index in [9.17, 15) is 35.8 Å². The highest BCUT2D eigenvalue weighted by Gasteiger charge is 2.17. The van der Waals surface area contributed by atoms with Gasteiger partial charge in [0.1, 0.15) is 9.79 Å². The number of anilines is 6. The van der Waals surface area contributed by atoms with Crippen LogP contribution in [-0.4, -0.2) is 52.0 Å². The topological polar surface area (TPSA) is 221 Å². The van der Waals surface area contributed by atoms with Crippen molar-refractivity contribution in [3.05, 3.63) is 102 Å². The number of carboxylic acid groups (broad SMARTS) is 1. The van der Waals surface area contributed by atoms with Crippen molar-refractivity contribution in [2.45, 2.75) is 16.7 Å². The maximum Gasteiger partial charge on any atom is 0.335 e. The summed E-state index contributed by atoms with van der Waals surface area (Å²) in [6.07, 6.45) is 0. The van der Waals surface area contributed by atoms with Crippen LogP contribution in [0, 0.1) is 6.92 Å². The Morgan fingerprint density at radius 1 is 0.596 bits per heavy atom. The van der Waals surface area contributed by atoms with E-state index in [0.29, 0.717) is 44.2 Å². The molecule has 238 valence electrons. The number of benzene rings is 5. The maximum absolute atomic E-state index is 12.0. The molecule has 16 heteroatoms. The number of hydrogen-bond acceptors (Lipinski definition) is 11. The van der Waals surface area contributed by atoms with Gasteiger partial charge in [0, 0.05) is 27.8 Å². The Kier molecular flexibility index (Phi) is 7.94. The van der Waals surface area contributed by atoms with Gasteiger partial charge in [0.05, 0.1) is 5.56 Å². The Labute approximate surface area is 267 Å². The number of aromatic carboxylic acids is 1. The Morgan fingerprint density at radius 2 is 1.09 bits per heavy atom. The molecule has 5 aromatic carbocycles. The first-order chi connectivity index (χ1) is 22.2. The molecule has 0 radical (unpaired) electrons. The first-order valence-corrected chi connectivity index (χ1v) is 16.5. The van der Waals surface area contributed by atoms with Crippen LogP contribution in [0.1, 0.15) is 15.9 Å². The number of rotatable bonds is 9. The smallest absolute Gasteiger partial charge is 0.335 e. The molecule has 1 heterocycles. The normalized spacial score (nSPS) is 11.8. The molecule has 14 nitrogen and oxygen atoms in total. The van der Waals surface area contributed by atoms with E-state index in [2.05, 4.69) is 30.9 Å². The van der Waals surface area contributed by atoms with Crippen LogP contribution in [0.2, 0.25) is 0 Å². The lowest BCUT2D eigenvalue weighted by molar-refractivity contribution is 0.0697. The number of nitrogens with zero attached hydrogens (tertiary/aromatic N) is 3. The zero-order valence-electron chi connectivity index (χ0n) is 24.2. The third-order valence-corrected chi connectivity index (χ3v) is 8.80. The zero-order chi connectivity index (χ0) is 33.5. The first kappa shape index (κ1) is 31.3. The summed E-state index contributed by atoms with van der Waals surface area (Å²) in [5.74, 6) is -0.859. The molecule has 0 aliphatic carbocycles. The molecule has 0 spiro atoms. The minimum atomic E-state index is -4.47. The number of aryl methyl sites for hydroxylation is 1. The standard InChI is InChI=1S/C31H24N6O8S2/c1-17-13-20-16-23(10-12-25(20)27(14-17)47(43,44)45)34-31-36-29(32-21-7-5-18(6-8-21)28(38)39)35-30(37-31)33-22-9-11-24-19(15-22)3-2-4-26(24)46(40,41)42/h2-16H,1H3,(H,38,39)(H,40,41,42)(H,43,44,45)(H3,32,33,34,35,36,37). The lowest BCUT2D eigenvalue weighted by atomic mass is 10.1. The van der Waals surface area contributed by atoms with Crippen LogP contribution in [0.5, 0.6) is 0 Å². The molecule has 0 aliphatic rings. The fourth-order valence-corrected chi connectivity index (χ4v) is 6.47. The van der Waals surface area contributed by atoms with Gasteiger partial charge >= 0.3 is 5.97 Å². The summed E-state index contributed by atoms with van der Waals surface area (Å²) in [6.45, 7) is 1.70. The summed E-state index contributed by atoms with van der Waals surface area (Å²) < 4.78 is 66.9. The van der Waals surface area contributed by atoms with Gasteiger partial charge in [-0.15, -0.1) is 0 Å². The summed E-state index contributed by atoms with van der Waals surface area (Å²) in [5.41, 5.74) is 2.17. The van der Waals surface area contributed by atoms with Gasteiger partial charge in [0.15, 0.2) is 0 Å². The number of nitrogens with one attached hydrogen (secondary N) is 3. The molecule has 0 amide bonds. The van der Waals surface area contributed by atoms with Gasteiger partial charge in [-0.3, -0.25) is 9.11 Å². The Morgan fingerprint density at radius 3 is 1.62 bits per heavy atom. The van der Waals surface area contributed by atoms with Crippen LogP contribution in [-0.2, 0) is 20.2 Å². The van der Waals surface area contributed by atoms with Crippen LogP contribution in [0.15, 0.2) is 101 Å². The average Bonchev–Trinajstić information content (AvgIpc) is 2.99. The molecule has 6 N–H and O–H groups in total. The minimum Gasteiger partial charge on any atom is -0.478 e. The SMILES string of the molecule is Cc1cc(S(=O)(=O)O)c2ccc(Nc3nc(Nc4ccc(C(=O)O)cc4)nc(Nc4ccc5c(S(=O)(=O)O)cccc5c4)n3)cc2c1. The summed E-state index contributed by atoms with van der Waals surface area (Å²) in [4.78, 5) is 24.1. The predicted molar refractivity (Wildman–Crippen MR) is 175 cm³/mol. The van der Waals surface area contributed by atoms with E-state index >= 15 is 0 Å². The minimum absolute atomic E-state index is 0.0720.